The van der Waals surface area contributed by atoms with Crippen LogP contribution >= 0.6 is 15.9 Å². The fraction of sp³-hybridized carbons (Fsp3) is 0.600. The molecule has 1 aromatic rings. The minimum atomic E-state index is -0.406. The van der Waals surface area contributed by atoms with Gasteiger partial charge in [-0.25, -0.2) is 0 Å². The Labute approximate surface area is 118 Å². The van der Waals surface area contributed by atoms with E-state index in [-0.39, 0.29) is 0 Å². The van der Waals surface area contributed by atoms with Crippen molar-refractivity contribution in [3.05, 3.63) is 28.2 Å². The van der Waals surface area contributed by atoms with Gasteiger partial charge in [0.2, 0.25) is 0 Å². The fourth-order valence-corrected chi connectivity index (χ4v) is 3.27. The van der Waals surface area contributed by atoms with Crippen LogP contribution in [0.3, 0.4) is 0 Å². The normalized spacial score (nSPS) is 22.7. The average Bonchev–Trinajstić information content (AvgIpc) is 2.54. The summed E-state index contributed by atoms with van der Waals surface area (Å²) in [6.07, 6.45) is 4.81. The second-order valence-corrected chi connectivity index (χ2v) is 6.13. The number of nitrogens with zero attached hydrogens (tertiary/aromatic N) is 1. The minimum absolute atomic E-state index is 0.406. The maximum Gasteiger partial charge on any atom is 0.0762 e. The van der Waals surface area contributed by atoms with Crippen LogP contribution in [-0.4, -0.2) is 17.7 Å². The summed E-state index contributed by atoms with van der Waals surface area (Å²) in [7, 11) is 0. The lowest BCUT2D eigenvalue weighted by Gasteiger charge is -2.30. The predicted octanol–water partition coefficient (Wildman–Crippen LogP) is 4.27. The molecular formula is C15H22BrNO. The molecular weight excluding hydrogens is 290 g/mol. The van der Waals surface area contributed by atoms with Crippen molar-refractivity contribution in [3.8, 4) is 0 Å². The highest BCUT2D eigenvalue weighted by Crippen LogP contribution is 2.32. The maximum atomic E-state index is 9.61. The molecule has 100 valence electrons. The van der Waals surface area contributed by atoms with E-state index in [1.807, 2.05) is 12.1 Å². The van der Waals surface area contributed by atoms with E-state index < -0.39 is 6.10 Å². The van der Waals surface area contributed by atoms with Gasteiger partial charge in [-0.3, -0.25) is 0 Å². The van der Waals surface area contributed by atoms with Crippen molar-refractivity contribution < 1.29 is 5.11 Å². The zero-order chi connectivity index (χ0) is 13.1. The molecule has 1 fully saturated rings. The van der Waals surface area contributed by atoms with Crippen LogP contribution in [0.15, 0.2) is 22.7 Å². The van der Waals surface area contributed by atoms with E-state index in [2.05, 4.69) is 33.8 Å². The summed E-state index contributed by atoms with van der Waals surface area (Å²) in [6, 6.07) is 6.80. The van der Waals surface area contributed by atoms with Crippen LogP contribution < -0.4 is 4.90 Å². The van der Waals surface area contributed by atoms with Crippen LogP contribution in [0.5, 0.6) is 0 Å². The smallest absolute Gasteiger partial charge is 0.0762 e. The molecule has 1 unspecified atom stereocenters. The van der Waals surface area contributed by atoms with Crippen LogP contribution in [0, 0.1) is 0 Å². The van der Waals surface area contributed by atoms with Gasteiger partial charge in [-0.2, -0.15) is 0 Å². The number of hydrogen-bond donors (Lipinski definition) is 1. The first kappa shape index (κ1) is 13.9. The molecule has 0 bridgehead atoms. The lowest BCUT2D eigenvalue weighted by Crippen LogP contribution is -2.32. The second kappa shape index (κ2) is 6.07. The molecule has 0 aromatic heterocycles. The van der Waals surface area contributed by atoms with Gasteiger partial charge in [0, 0.05) is 17.1 Å². The molecule has 3 heteroatoms. The van der Waals surface area contributed by atoms with E-state index in [1.165, 1.54) is 31.4 Å². The van der Waals surface area contributed by atoms with Crippen molar-refractivity contribution in [2.45, 2.75) is 51.7 Å². The highest BCUT2D eigenvalue weighted by atomic mass is 79.9. The molecule has 1 aromatic carbocycles. The molecule has 1 aliphatic rings. The number of hydrogen-bond acceptors (Lipinski definition) is 2. The highest BCUT2D eigenvalue weighted by molar-refractivity contribution is 9.10. The molecule has 2 rings (SSSR count). The standard InChI is InChI=1S/C15H22BrNO/c1-11-6-4-3-5-9-17(11)15-8-7-13(12(2)18)10-14(15)16/h7-8,10-12,18H,3-6,9H2,1-2H3/t11?,12-/m1/s1. The van der Waals surface area contributed by atoms with Gasteiger partial charge in [0.25, 0.3) is 0 Å². The summed E-state index contributed by atoms with van der Waals surface area (Å²) in [6.45, 7) is 5.24. The van der Waals surface area contributed by atoms with E-state index >= 15 is 0 Å². The lowest BCUT2D eigenvalue weighted by molar-refractivity contribution is 0.199. The van der Waals surface area contributed by atoms with Crippen LogP contribution in [0.25, 0.3) is 0 Å². The number of halogens is 1. The van der Waals surface area contributed by atoms with E-state index in [0.717, 1.165) is 16.6 Å². The third kappa shape index (κ3) is 3.07. The summed E-state index contributed by atoms with van der Waals surface area (Å²) in [5.74, 6) is 0. The zero-order valence-electron chi connectivity index (χ0n) is 11.2. The van der Waals surface area contributed by atoms with Gasteiger partial charge >= 0.3 is 0 Å². The summed E-state index contributed by atoms with van der Waals surface area (Å²) < 4.78 is 1.09. The van der Waals surface area contributed by atoms with E-state index in [1.54, 1.807) is 6.92 Å². The Morgan fingerprint density at radius 1 is 1.33 bits per heavy atom. The molecule has 0 radical (unpaired) electrons. The van der Waals surface area contributed by atoms with Crippen LogP contribution in [-0.2, 0) is 0 Å². The SMILES string of the molecule is CC1CCCCCN1c1ccc([C@@H](C)O)cc1Br. The number of aliphatic hydroxyl groups is 1. The lowest BCUT2D eigenvalue weighted by atomic mass is 10.1. The Kier molecular flexibility index (Phi) is 4.68. The van der Waals surface area contributed by atoms with Crippen molar-refractivity contribution in [2.24, 2.45) is 0 Å². The molecule has 0 amide bonds. The fourth-order valence-electron chi connectivity index (χ4n) is 2.65. The van der Waals surface area contributed by atoms with Crippen molar-refractivity contribution in [1.82, 2.24) is 0 Å². The first-order valence-electron chi connectivity index (χ1n) is 6.83. The molecule has 1 aliphatic heterocycles. The topological polar surface area (TPSA) is 23.5 Å². The second-order valence-electron chi connectivity index (χ2n) is 5.28. The molecule has 0 spiro atoms. The summed E-state index contributed by atoms with van der Waals surface area (Å²) in [5, 5.41) is 9.61. The average molecular weight is 312 g/mol. The van der Waals surface area contributed by atoms with Gasteiger partial charge in [-0.15, -0.1) is 0 Å². The third-order valence-corrected chi connectivity index (χ3v) is 4.45. The van der Waals surface area contributed by atoms with Crippen LogP contribution in [0.4, 0.5) is 5.69 Å². The van der Waals surface area contributed by atoms with Gasteiger partial charge in [-0.05, 0) is 60.3 Å². The Morgan fingerprint density at radius 2 is 2.11 bits per heavy atom. The highest BCUT2D eigenvalue weighted by Gasteiger charge is 2.19. The quantitative estimate of drug-likeness (QED) is 0.881. The molecule has 18 heavy (non-hydrogen) atoms. The number of anilines is 1. The van der Waals surface area contributed by atoms with Crippen molar-refractivity contribution >= 4 is 21.6 Å². The zero-order valence-corrected chi connectivity index (χ0v) is 12.8. The Bertz CT molecular complexity index is 405. The molecule has 0 saturated carbocycles. The Hall–Kier alpha value is -0.540. The van der Waals surface area contributed by atoms with E-state index in [4.69, 9.17) is 0 Å². The predicted molar refractivity (Wildman–Crippen MR) is 80.1 cm³/mol. The maximum absolute atomic E-state index is 9.61. The summed E-state index contributed by atoms with van der Waals surface area (Å²) in [5.41, 5.74) is 2.22. The molecule has 1 saturated heterocycles. The van der Waals surface area contributed by atoms with Crippen molar-refractivity contribution in [2.75, 3.05) is 11.4 Å². The van der Waals surface area contributed by atoms with Gasteiger partial charge in [0.1, 0.15) is 0 Å². The van der Waals surface area contributed by atoms with Crippen LogP contribution in [0.2, 0.25) is 0 Å². The van der Waals surface area contributed by atoms with E-state index in [9.17, 15) is 5.11 Å². The Balaban J connectivity index is 2.26. The minimum Gasteiger partial charge on any atom is -0.389 e. The molecule has 0 aliphatic carbocycles. The first-order chi connectivity index (χ1) is 8.59. The summed E-state index contributed by atoms with van der Waals surface area (Å²) in [4.78, 5) is 2.49. The third-order valence-electron chi connectivity index (χ3n) is 3.82. The molecule has 2 atom stereocenters. The van der Waals surface area contributed by atoms with E-state index in [0.29, 0.717) is 6.04 Å². The Morgan fingerprint density at radius 3 is 2.78 bits per heavy atom. The van der Waals surface area contributed by atoms with Crippen molar-refractivity contribution in [3.63, 3.8) is 0 Å². The van der Waals surface area contributed by atoms with Gasteiger partial charge < -0.3 is 10.0 Å². The van der Waals surface area contributed by atoms with Crippen molar-refractivity contribution in [1.29, 1.82) is 0 Å². The molecule has 1 heterocycles. The number of rotatable bonds is 2. The summed E-state index contributed by atoms with van der Waals surface area (Å²) >= 11 is 3.65. The molecule has 1 N–H and O–H groups in total. The van der Waals surface area contributed by atoms with Gasteiger partial charge in [-0.1, -0.05) is 18.9 Å². The number of benzene rings is 1. The van der Waals surface area contributed by atoms with Gasteiger partial charge in [0.05, 0.1) is 11.8 Å². The van der Waals surface area contributed by atoms with Crippen LogP contribution in [0.1, 0.15) is 51.2 Å². The molecule has 2 nitrogen and oxygen atoms in total. The number of aliphatic hydroxyl groups excluding tert-OH is 1. The monoisotopic (exact) mass is 311 g/mol. The first-order valence-corrected chi connectivity index (χ1v) is 7.63. The largest absolute Gasteiger partial charge is 0.389 e. The van der Waals surface area contributed by atoms with Gasteiger partial charge in [0.15, 0.2) is 0 Å².